The largest absolute Gasteiger partial charge is 0.376 e. The molecule has 0 heterocycles. The predicted molar refractivity (Wildman–Crippen MR) is 120 cm³/mol. The van der Waals surface area contributed by atoms with Gasteiger partial charge < -0.3 is 16.0 Å². The van der Waals surface area contributed by atoms with E-state index in [2.05, 4.69) is 16.0 Å². The summed E-state index contributed by atoms with van der Waals surface area (Å²) in [5.41, 5.74) is 2.16. The molecule has 5 nitrogen and oxygen atoms in total. The minimum absolute atomic E-state index is 0.101. The maximum Gasteiger partial charge on any atom is 0.243 e. The van der Waals surface area contributed by atoms with Gasteiger partial charge in [-0.05, 0) is 54.6 Å². The number of carbonyl (C=O) groups excluding carboxylic acids is 2. The van der Waals surface area contributed by atoms with Gasteiger partial charge in [0.1, 0.15) is 0 Å². The van der Waals surface area contributed by atoms with Crippen LogP contribution in [0.15, 0.2) is 82.6 Å². The molecule has 3 rings (SSSR count). The van der Waals surface area contributed by atoms with Crippen LogP contribution in [0.1, 0.15) is 6.92 Å². The van der Waals surface area contributed by atoms with Gasteiger partial charge in [-0.25, -0.2) is 0 Å². The van der Waals surface area contributed by atoms with Crippen molar-refractivity contribution in [3.63, 3.8) is 0 Å². The summed E-state index contributed by atoms with van der Waals surface area (Å²) >= 11 is 7.49. The molecular formula is C22H20ClN3O2S. The fraction of sp³-hybridized carbons (Fsp3) is 0.0909. The van der Waals surface area contributed by atoms with Crippen LogP contribution in [-0.2, 0) is 9.59 Å². The number of hydrogen-bond donors (Lipinski definition) is 3. The molecule has 0 bridgehead atoms. The van der Waals surface area contributed by atoms with Crippen LogP contribution in [0.4, 0.5) is 17.1 Å². The van der Waals surface area contributed by atoms with Crippen molar-refractivity contribution in [2.45, 2.75) is 16.7 Å². The molecular weight excluding hydrogens is 406 g/mol. The zero-order valence-electron chi connectivity index (χ0n) is 15.7. The van der Waals surface area contributed by atoms with Crippen LogP contribution in [0, 0.1) is 0 Å². The third kappa shape index (κ3) is 6.55. The average molecular weight is 426 g/mol. The van der Waals surface area contributed by atoms with Gasteiger partial charge in [-0.15, -0.1) is 0 Å². The predicted octanol–water partition coefficient (Wildman–Crippen LogP) is 5.50. The van der Waals surface area contributed by atoms with Crippen LogP contribution >= 0.6 is 23.4 Å². The first-order valence-corrected chi connectivity index (χ1v) is 10.1. The number of nitrogens with one attached hydrogen (secondary N) is 3. The molecule has 3 aromatic rings. The summed E-state index contributed by atoms with van der Waals surface area (Å²) in [7, 11) is 0. The molecule has 0 unspecified atom stereocenters. The minimum Gasteiger partial charge on any atom is -0.376 e. The Morgan fingerprint density at radius 3 is 2.38 bits per heavy atom. The number of benzene rings is 3. The van der Waals surface area contributed by atoms with Crippen LogP contribution < -0.4 is 16.0 Å². The molecule has 3 N–H and O–H groups in total. The second kappa shape index (κ2) is 10.0. The quantitative estimate of drug-likeness (QED) is 0.467. The van der Waals surface area contributed by atoms with Crippen molar-refractivity contribution < 1.29 is 9.59 Å². The lowest BCUT2D eigenvalue weighted by molar-refractivity contribution is -0.115. The smallest absolute Gasteiger partial charge is 0.243 e. The Labute approximate surface area is 178 Å². The molecule has 0 aliphatic carbocycles. The molecule has 2 amide bonds. The molecule has 0 saturated carbocycles. The van der Waals surface area contributed by atoms with Crippen molar-refractivity contribution in [3.8, 4) is 0 Å². The van der Waals surface area contributed by atoms with Gasteiger partial charge in [0.05, 0.1) is 12.2 Å². The van der Waals surface area contributed by atoms with Crippen molar-refractivity contribution >= 4 is 52.2 Å². The van der Waals surface area contributed by atoms with Crippen molar-refractivity contribution in [2.75, 3.05) is 22.5 Å². The summed E-state index contributed by atoms with van der Waals surface area (Å²) in [5, 5.41) is 9.41. The van der Waals surface area contributed by atoms with Crippen LogP contribution in [0.5, 0.6) is 0 Å². The van der Waals surface area contributed by atoms with Crippen LogP contribution in [0.25, 0.3) is 0 Å². The first-order chi connectivity index (χ1) is 14.0. The van der Waals surface area contributed by atoms with E-state index in [4.69, 9.17) is 11.6 Å². The van der Waals surface area contributed by atoms with Gasteiger partial charge in [-0.2, -0.15) is 0 Å². The maximum absolute atomic E-state index is 12.4. The molecule has 0 atom stereocenters. The first kappa shape index (κ1) is 20.8. The van der Waals surface area contributed by atoms with E-state index in [-0.39, 0.29) is 18.4 Å². The van der Waals surface area contributed by atoms with E-state index in [1.54, 1.807) is 23.9 Å². The van der Waals surface area contributed by atoms with Gasteiger partial charge in [-0.1, -0.05) is 41.6 Å². The molecule has 29 heavy (non-hydrogen) atoms. The Bertz CT molecular complexity index is 1010. The molecule has 0 fully saturated rings. The van der Waals surface area contributed by atoms with Crippen LogP contribution in [0.2, 0.25) is 5.02 Å². The lowest BCUT2D eigenvalue weighted by atomic mass is 10.2. The van der Waals surface area contributed by atoms with Gasteiger partial charge in [0.2, 0.25) is 11.8 Å². The monoisotopic (exact) mass is 425 g/mol. The summed E-state index contributed by atoms with van der Waals surface area (Å²) < 4.78 is 0. The van der Waals surface area contributed by atoms with E-state index in [0.717, 1.165) is 21.2 Å². The van der Waals surface area contributed by atoms with Crippen LogP contribution in [0.3, 0.4) is 0 Å². The molecule has 3 aromatic carbocycles. The summed E-state index contributed by atoms with van der Waals surface area (Å²) in [6, 6.07) is 22.4. The van der Waals surface area contributed by atoms with E-state index in [1.807, 2.05) is 60.7 Å². The van der Waals surface area contributed by atoms with Gasteiger partial charge in [0.25, 0.3) is 0 Å². The number of rotatable bonds is 7. The number of anilines is 3. The van der Waals surface area contributed by atoms with E-state index < -0.39 is 0 Å². The Hall–Kier alpha value is -2.96. The highest BCUT2D eigenvalue weighted by Crippen LogP contribution is 2.33. The van der Waals surface area contributed by atoms with Gasteiger partial charge in [0.15, 0.2) is 0 Å². The number of amides is 2. The zero-order chi connectivity index (χ0) is 20.6. The van der Waals surface area contributed by atoms with Crippen molar-refractivity contribution in [1.29, 1.82) is 0 Å². The zero-order valence-corrected chi connectivity index (χ0v) is 17.3. The molecule has 0 radical (unpaired) electrons. The highest BCUT2D eigenvalue weighted by molar-refractivity contribution is 7.99. The first-order valence-electron chi connectivity index (χ1n) is 8.93. The summed E-state index contributed by atoms with van der Waals surface area (Å²) in [6.07, 6.45) is 0. The fourth-order valence-corrected chi connectivity index (χ4v) is 3.60. The highest BCUT2D eigenvalue weighted by Gasteiger charge is 2.08. The van der Waals surface area contributed by atoms with Crippen LogP contribution in [-0.4, -0.2) is 18.4 Å². The van der Waals surface area contributed by atoms with Gasteiger partial charge in [0, 0.05) is 33.1 Å². The Balaban J connectivity index is 1.61. The van der Waals surface area contributed by atoms with Gasteiger partial charge >= 0.3 is 0 Å². The normalized spacial score (nSPS) is 10.3. The fourth-order valence-electron chi connectivity index (χ4n) is 2.58. The van der Waals surface area contributed by atoms with Crippen molar-refractivity contribution in [2.24, 2.45) is 0 Å². The summed E-state index contributed by atoms with van der Waals surface area (Å²) in [5.74, 6) is -0.311. The highest BCUT2D eigenvalue weighted by atomic mass is 35.5. The standard InChI is InChI=1S/C22H20ClN3O2S/c1-15(27)25-18-6-4-5-17(13-18)24-14-22(28)26-20-7-2-3-8-21(20)29-19-11-9-16(23)10-12-19/h2-13,24H,14H2,1H3,(H,25,27)(H,26,28). The number of carbonyl (C=O) groups is 2. The van der Waals surface area contributed by atoms with Gasteiger partial charge in [-0.3, -0.25) is 9.59 Å². The third-order valence-electron chi connectivity index (χ3n) is 3.84. The van der Waals surface area contributed by atoms with E-state index in [0.29, 0.717) is 10.7 Å². The van der Waals surface area contributed by atoms with E-state index >= 15 is 0 Å². The molecule has 0 aliphatic rings. The molecule has 0 spiro atoms. The second-order valence-corrected chi connectivity index (χ2v) is 7.77. The summed E-state index contributed by atoms with van der Waals surface area (Å²) in [6.45, 7) is 1.55. The van der Waals surface area contributed by atoms with E-state index in [9.17, 15) is 9.59 Å². The van der Waals surface area contributed by atoms with E-state index in [1.165, 1.54) is 6.92 Å². The Kier molecular flexibility index (Phi) is 7.16. The minimum atomic E-state index is -0.168. The Morgan fingerprint density at radius 1 is 0.897 bits per heavy atom. The Morgan fingerprint density at radius 2 is 1.62 bits per heavy atom. The summed E-state index contributed by atoms with van der Waals surface area (Å²) in [4.78, 5) is 25.6. The molecule has 0 saturated heterocycles. The molecule has 0 aliphatic heterocycles. The second-order valence-electron chi connectivity index (χ2n) is 6.22. The average Bonchev–Trinajstić information content (AvgIpc) is 2.69. The van der Waals surface area contributed by atoms with Crippen molar-refractivity contribution in [3.05, 3.63) is 77.8 Å². The maximum atomic E-state index is 12.4. The third-order valence-corrected chi connectivity index (χ3v) is 5.17. The number of halogens is 1. The SMILES string of the molecule is CC(=O)Nc1cccc(NCC(=O)Nc2ccccc2Sc2ccc(Cl)cc2)c1. The molecule has 148 valence electrons. The number of hydrogen-bond acceptors (Lipinski definition) is 4. The topological polar surface area (TPSA) is 70.2 Å². The lowest BCUT2D eigenvalue weighted by Gasteiger charge is -2.12. The lowest BCUT2D eigenvalue weighted by Crippen LogP contribution is -2.22. The number of para-hydroxylation sites is 1. The van der Waals surface area contributed by atoms with Crippen molar-refractivity contribution in [1.82, 2.24) is 0 Å². The molecule has 0 aromatic heterocycles. The molecule has 7 heteroatoms.